The van der Waals surface area contributed by atoms with Crippen molar-refractivity contribution in [3.8, 4) is 0 Å². The molecule has 0 aliphatic rings. The van der Waals surface area contributed by atoms with Crippen LogP contribution >= 0.6 is 0 Å². The van der Waals surface area contributed by atoms with Gasteiger partial charge in [-0.1, -0.05) is 244 Å². The lowest BCUT2D eigenvalue weighted by Crippen LogP contribution is -2.30. The summed E-state index contributed by atoms with van der Waals surface area (Å²) in [6, 6.07) is 0. The molecule has 0 saturated carbocycles. The molecule has 0 rings (SSSR count). The van der Waals surface area contributed by atoms with Gasteiger partial charge in [0.05, 0.1) is 0 Å². The summed E-state index contributed by atoms with van der Waals surface area (Å²) in [5.41, 5.74) is 0. The highest BCUT2D eigenvalue weighted by atomic mass is 16.6. The highest BCUT2D eigenvalue weighted by molar-refractivity contribution is 5.71. The lowest BCUT2D eigenvalue weighted by atomic mass is 10.0. The Hall–Kier alpha value is -2.11. The molecule has 0 heterocycles. The standard InChI is InChI=1S/C57H106O6/c1-4-7-10-13-16-19-22-24-25-26-27-28-29-30-31-32-34-35-38-41-44-47-50-56(59)62-53-54(52-61-55(58)49-46-43-40-37-21-18-15-12-9-6-3)63-57(60)51-48-45-42-39-36-33-23-20-17-14-11-8-5-2/h12,15,20,23,54H,4-11,13-14,16-19,21-22,24-53H2,1-3H3/b15-12-,23-20-. The van der Waals surface area contributed by atoms with E-state index in [1.165, 1.54) is 186 Å². The van der Waals surface area contributed by atoms with E-state index in [4.69, 9.17) is 14.2 Å². The summed E-state index contributed by atoms with van der Waals surface area (Å²) in [7, 11) is 0. The maximum absolute atomic E-state index is 12.8. The third-order valence-electron chi connectivity index (χ3n) is 12.4. The van der Waals surface area contributed by atoms with E-state index in [1.54, 1.807) is 0 Å². The molecule has 0 aromatic carbocycles. The molecule has 0 radical (unpaired) electrons. The number of ether oxygens (including phenoxy) is 3. The number of esters is 3. The van der Waals surface area contributed by atoms with E-state index >= 15 is 0 Å². The van der Waals surface area contributed by atoms with Crippen molar-refractivity contribution in [2.24, 2.45) is 0 Å². The molecule has 1 atom stereocenters. The summed E-state index contributed by atoms with van der Waals surface area (Å²) in [4.78, 5) is 38.0. The first-order valence-electron chi connectivity index (χ1n) is 27.8. The van der Waals surface area contributed by atoms with Gasteiger partial charge >= 0.3 is 17.9 Å². The number of carbonyl (C=O) groups is 3. The summed E-state index contributed by atoms with van der Waals surface area (Å²) in [5.74, 6) is -0.879. The minimum Gasteiger partial charge on any atom is -0.462 e. The first-order valence-corrected chi connectivity index (χ1v) is 27.8. The zero-order valence-electron chi connectivity index (χ0n) is 42.4. The van der Waals surface area contributed by atoms with E-state index in [1.807, 2.05) is 0 Å². The predicted octanol–water partition coefficient (Wildman–Crippen LogP) is 18.3. The molecule has 1 unspecified atom stereocenters. The molecule has 6 nitrogen and oxygen atoms in total. The minimum atomic E-state index is -0.774. The predicted molar refractivity (Wildman–Crippen MR) is 270 cm³/mol. The van der Waals surface area contributed by atoms with Crippen molar-refractivity contribution in [1.82, 2.24) is 0 Å². The lowest BCUT2D eigenvalue weighted by molar-refractivity contribution is -0.167. The average molecular weight is 887 g/mol. The first-order chi connectivity index (χ1) is 31.0. The zero-order valence-corrected chi connectivity index (χ0v) is 42.4. The second-order valence-corrected chi connectivity index (χ2v) is 18.8. The van der Waals surface area contributed by atoms with Gasteiger partial charge in [-0.2, -0.15) is 0 Å². The Morgan fingerprint density at radius 3 is 0.873 bits per heavy atom. The van der Waals surface area contributed by atoms with Crippen LogP contribution in [0.5, 0.6) is 0 Å². The van der Waals surface area contributed by atoms with Crippen LogP contribution in [0.25, 0.3) is 0 Å². The highest BCUT2D eigenvalue weighted by Crippen LogP contribution is 2.17. The Morgan fingerprint density at radius 1 is 0.302 bits per heavy atom. The van der Waals surface area contributed by atoms with Gasteiger partial charge in [0, 0.05) is 19.3 Å². The van der Waals surface area contributed by atoms with Crippen LogP contribution < -0.4 is 0 Å². The molecule has 0 fully saturated rings. The molecule has 0 aliphatic carbocycles. The van der Waals surface area contributed by atoms with Crippen molar-refractivity contribution < 1.29 is 28.6 Å². The minimum absolute atomic E-state index is 0.0734. The monoisotopic (exact) mass is 887 g/mol. The molecule has 0 aromatic rings. The Kier molecular flexibility index (Phi) is 50.8. The average Bonchev–Trinajstić information content (AvgIpc) is 3.28. The normalized spacial score (nSPS) is 12.1. The number of hydrogen-bond acceptors (Lipinski definition) is 6. The second kappa shape index (κ2) is 52.5. The Labute approximate surface area is 392 Å². The van der Waals surface area contributed by atoms with Gasteiger partial charge in [-0.25, -0.2) is 0 Å². The van der Waals surface area contributed by atoms with Crippen LogP contribution in [0.15, 0.2) is 24.3 Å². The molecule has 0 saturated heterocycles. The Morgan fingerprint density at radius 2 is 0.556 bits per heavy atom. The quantitative estimate of drug-likeness (QED) is 0.0262. The summed E-state index contributed by atoms with van der Waals surface area (Å²) in [5, 5.41) is 0. The number of hydrogen-bond donors (Lipinski definition) is 0. The van der Waals surface area contributed by atoms with E-state index < -0.39 is 6.10 Å². The zero-order chi connectivity index (χ0) is 45.8. The maximum atomic E-state index is 12.8. The van der Waals surface area contributed by atoms with Crippen molar-refractivity contribution in [1.29, 1.82) is 0 Å². The van der Waals surface area contributed by atoms with Crippen LogP contribution in [-0.2, 0) is 28.6 Å². The summed E-state index contributed by atoms with van der Waals surface area (Å²) in [6.45, 7) is 6.59. The van der Waals surface area contributed by atoms with Crippen LogP contribution in [0.2, 0.25) is 0 Å². The topological polar surface area (TPSA) is 78.9 Å². The van der Waals surface area contributed by atoms with Gasteiger partial charge in [-0.3, -0.25) is 14.4 Å². The van der Waals surface area contributed by atoms with Crippen LogP contribution in [0, 0.1) is 0 Å². The largest absolute Gasteiger partial charge is 0.462 e. The SMILES string of the molecule is CCC/C=C\CCCCCCCC(=O)OCC(COC(=O)CCCCCCCCCCCCCCCCCCCCCCCC)OC(=O)CCCCCCC/C=C\CCCCCC. The van der Waals surface area contributed by atoms with Crippen molar-refractivity contribution in [3.05, 3.63) is 24.3 Å². The van der Waals surface area contributed by atoms with Crippen molar-refractivity contribution in [2.75, 3.05) is 13.2 Å². The van der Waals surface area contributed by atoms with E-state index in [9.17, 15) is 14.4 Å². The molecule has 0 N–H and O–H groups in total. The second-order valence-electron chi connectivity index (χ2n) is 18.8. The molecule has 63 heavy (non-hydrogen) atoms. The molecule has 0 aromatic heterocycles. The van der Waals surface area contributed by atoms with Crippen LogP contribution in [0.1, 0.15) is 303 Å². The van der Waals surface area contributed by atoms with Crippen molar-refractivity contribution in [2.45, 2.75) is 309 Å². The molecule has 0 amide bonds. The van der Waals surface area contributed by atoms with E-state index in [0.29, 0.717) is 19.3 Å². The number of carbonyl (C=O) groups excluding carboxylic acids is 3. The van der Waals surface area contributed by atoms with E-state index in [-0.39, 0.29) is 31.1 Å². The van der Waals surface area contributed by atoms with Gasteiger partial charge in [0.2, 0.25) is 0 Å². The molecule has 0 bridgehead atoms. The molecular weight excluding hydrogens is 781 g/mol. The molecule has 370 valence electrons. The van der Waals surface area contributed by atoms with Gasteiger partial charge in [-0.15, -0.1) is 0 Å². The smallest absolute Gasteiger partial charge is 0.306 e. The van der Waals surface area contributed by atoms with Gasteiger partial charge < -0.3 is 14.2 Å². The van der Waals surface area contributed by atoms with Gasteiger partial charge in [0.25, 0.3) is 0 Å². The van der Waals surface area contributed by atoms with Crippen LogP contribution in [0.4, 0.5) is 0 Å². The van der Waals surface area contributed by atoms with Crippen LogP contribution in [-0.4, -0.2) is 37.2 Å². The highest BCUT2D eigenvalue weighted by Gasteiger charge is 2.19. The molecular formula is C57H106O6. The van der Waals surface area contributed by atoms with E-state index in [2.05, 4.69) is 45.1 Å². The summed E-state index contributed by atoms with van der Waals surface area (Å²) in [6.07, 6.45) is 60.4. The molecule has 0 spiro atoms. The lowest BCUT2D eigenvalue weighted by Gasteiger charge is -2.18. The summed E-state index contributed by atoms with van der Waals surface area (Å²) >= 11 is 0. The maximum Gasteiger partial charge on any atom is 0.306 e. The van der Waals surface area contributed by atoms with Gasteiger partial charge in [-0.05, 0) is 64.2 Å². The third-order valence-corrected chi connectivity index (χ3v) is 12.4. The Bertz CT molecular complexity index is 1020. The number of allylic oxidation sites excluding steroid dienone is 4. The van der Waals surface area contributed by atoms with Crippen LogP contribution in [0.3, 0.4) is 0 Å². The third kappa shape index (κ3) is 50.7. The van der Waals surface area contributed by atoms with Gasteiger partial charge in [0.1, 0.15) is 13.2 Å². The molecule has 6 heteroatoms. The van der Waals surface area contributed by atoms with E-state index in [0.717, 1.165) is 77.0 Å². The number of rotatable bonds is 51. The number of unbranched alkanes of at least 4 members (excludes halogenated alkanes) is 36. The fraction of sp³-hybridized carbons (Fsp3) is 0.877. The fourth-order valence-corrected chi connectivity index (χ4v) is 8.21. The Balaban J connectivity index is 4.20. The van der Waals surface area contributed by atoms with Gasteiger partial charge in [0.15, 0.2) is 6.10 Å². The van der Waals surface area contributed by atoms with Crippen molar-refractivity contribution >= 4 is 17.9 Å². The first kappa shape index (κ1) is 60.9. The fourth-order valence-electron chi connectivity index (χ4n) is 8.21. The molecule has 0 aliphatic heterocycles. The van der Waals surface area contributed by atoms with Crippen molar-refractivity contribution in [3.63, 3.8) is 0 Å². The summed E-state index contributed by atoms with van der Waals surface area (Å²) < 4.78 is 16.8.